The molecule has 6 heteroatoms. The number of ether oxygens (including phenoxy) is 2. The van der Waals surface area contributed by atoms with Gasteiger partial charge in [0.2, 0.25) is 0 Å². The average Bonchev–Trinajstić information content (AvgIpc) is 3.12. The molecule has 0 spiro atoms. The second-order valence-corrected chi connectivity index (χ2v) is 6.26. The van der Waals surface area contributed by atoms with Gasteiger partial charge < -0.3 is 14.0 Å². The van der Waals surface area contributed by atoms with Crippen LogP contribution in [0.3, 0.4) is 0 Å². The average molecular weight is 323 g/mol. The summed E-state index contributed by atoms with van der Waals surface area (Å²) in [5.74, 6) is 1.07. The minimum absolute atomic E-state index is 0.700. The summed E-state index contributed by atoms with van der Waals surface area (Å²) in [7, 11) is 3.47. The molecule has 0 aromatic carbocycles. The van der Waals surface area contributed by atoms with Gasteiger partial charge in [0.25, 0.3) is 0 Å². The lowest BCUT2D eigenvalue weighted by Crippen LogP contribution is -2.28. The quantitative estimate of drug-likeness (QED) is 0.674. The van der Waals surface area contributed by atoms with E-state index in [-0.39, 0.29) is 0 Å². The zero-order chi connectivity index (χ0) is 15.8. The molecule has 0 radical (unpaired) electrons. The molecule has 2 aromatic rings. The highest BCUT2D eigenvalue weighted by molar-refractivity contribution is 7.10. The van der Waals surface area contributed by atoms with Crippen LogP contribution in [0.4, 0.5) is 0 Å². The van der Waals surface area contributed by atoms with E-state index >= 15 is 0 Å². The summed E-state index contributed by atoms with van der Waals surface area (Å²) >= 11 is 1.81. The Kier molecular flexibility index (Phi) is 7.05. The Bertz CT molecular complexity index is 553. The van der Waals surface area contributed by atoms with Gasteiger partial charge in [-0.25, -0.2) is 4.98 Å². The summed E-state index contributed by atoms with van der Waals surface area (Å²) in [5.41, 5.74) is 1.36. The maximum absolute atomic E-state index is 5.25. The van der Waals surface area contributed by atoms with Crippen molar-refractivity contribution in [1.82, 2.24) is 14.5 Å². The summed E-state index contributed by atoms with van der Waals surface area (Å²) in [5, 5.41) is 2.15. The predicted octanol–water partition coefficient (Wildman–Crippen LogP) is 2.55. The van der Waals surface area contributed by atoms with Crippen molar-refractivity contribution in [2.24, 2.45) is 0 Å². The largest absolute Gasteiger partial charge is 0.383 e. The van der Waals surface area contributed by atoms with Gasteiger partial charge in [0, 0.05) is 51.1 Å². The van der Waals surface area contributed by atoms with Gasteiger partial charge in [-0.3, -0.25) is 4.90 Å². The van der Waals surface area contributed by atoms with Crippen molar-refractivity contribution >= 4 is 11.3 Å². The molecule has 0 aliphatic carbocycles. The lowest BCUT2D eigenvalue weighted by molar-refractivity contribution is 0.137. The predicted molar refractivity (Wildman–Crippen MR) is 89.1 cm³/mol. The number of methoxy groups -OCH3 is 2. The molecule has 0 aliphatic rings. The zero-order valence-electron chi connectivity index (χ0n) is 13.6. The first-order valence-corrected chi connectivity index (χ1v) is 8.35. The Morgan fingerprint density at radius 2 is 2.05 bits per heavy atom. The van der Waals surface area contributed by atoms with Crippen LogP contribution in [0, 0.1) is 6.92 Å². The van der Waals surface area contributed by atoms with E-state index in [0.717, 1.165) is 38.6 Å². The van der Waals surface area contributed by atoms with Gasteiger partial charge >= 0.3 is 0 Å². The number of aromatic nitrogens is 2. The van der Waals surface area contributed by atoms with Crippen molar-refractivity contribution in [3.8, 4) is 0 Å². The number of hydrogen-bond acceptors (Lipinski definition) is 5. The number of nitrogens with zero attached hydrogens (tertiary/aromatic N) is 3. The van der Waals surface area contributed by atoms with E-state index in [2.05, 4.69) is 32.8 Å². The minimum atomic E-state index is 0.700. The highest BCUT2D eigenvalue weighted by Crippen LogP contribution is 2.19. The second-order valence-electron chi connectivity index (χ2n) is 5.26. The molecule has 2 heterocycles. The fourth-order valence-electron chi connectivity index (χ4n) is 2.29. The van der Waals surface area contributed by atoms with Crippen LogP contribution >= 0.6 is 11.3 Å². The summed E-state index contributed by atoms with van der Waals surface area (Å²) in [6, 6.07) is 2.17. The first-order valence-electron chi connectivity index (χ1n) is 7.47. The summed E-state index contributed by atoms with van der Waals surface area (Å²) < 4.78 is 12.6. The van der Waals surface area contributed by atoms with Gasteiger partial charge in [0.05, 0.1) is 19.8 Å². The molecule has 0 aliphatic heterocycles. The molecule has 0 saturated carbocycles. The molecule has 0 atom stereocenters. The van der Waals surface area contributed by atoms with Crippen molar-refractivity contribution in [3.63, 3.8) is 0 Å². The van der Waals surface area contributed by atoms with E-state index in [4.69, 9.17) is 9.47 Å². The van der Waals surface area contributed by atoms with Crippen molar-refractivity contribution < 1.29 is 9.47 Å². The van der Waals surface area contributed by atoms with Gasteiger partial charge in [-0.2, -0.15) is 0 Å². The van der Waals surface area contributed by atoms with Crippen LogP contribution in [0.25, 0.3) is 0 Å². The summed E-state index contributed by atoms with van der Waals surface area (Å²) in [6.45, 7) is 7.07. The van der Waals surface area contributed by atoms with Gasteiger partial charge in [-0.15, -0.1) is 11.3 Å². The Hall–Kier alpha value is -1.21. The molecule has 0 N–H and O–H groups in total. The first kappa shape index (κ1) is 17.1. The molecule has 122 valence electrons. The molecule has 0 bridgehead atoms. The monoisotopic (exact) mass is 323 g/mol. The molecule has 5 nitrogen and oxygen atoms in total. The van der Waals surface area contributed by atoms with Gasteiger partial charge in [-0.1, -0.05) is 0 Å². The molecule has 0 fully saturated rings. The molecule has 22 heavy (non-hydrogen) atoms. The van der Waals surface area contributed by atoms with Crippen molar-refractivity contribution in [3.05, 3.63) is 40.1 Å². The second kappa shape index (κ2) is 9.05. The lowest BCUT2D eigenvalue weighted by Gasteiger charge is -2.22. The van der Waals surface area contributed by atoms with Gasteiger partial charge in [-0.05, 0) is 23.9 Å². The third kappa shape index (κ3) is 4.91. The third-order valence-electron chi connectivity index (χ3n) is 3.65. The fourth-order valence-corrected chi connectivity index (χ4v) is 3.24. The number of hydrogen-bond donors (Lipinski definition) is 0. The smallest absolute Gasteiger partial charge is 0.122 e. The Morgan fingerprint density at radius 1 is 1.23 bits per heavy atom. The van der Waals surface area contributed by atoms with E-state index in [9.17, 15) is 0 Å². The van der Waals surface area contributed by atoms with E-state index in [1.165, 1.54) is 10.4 Å². The van der Waals surface area contributed by atoms with Crippen LogP contribution in [0.1, 0.15) is 16.3 Å². The number of aryl methyl sites for hydroxylation is 1. The van der Waals surface area contributed by atoms with Crippen molar-refractivity contribution in [2.75, 3.05) is 34.0 Å². The van der Waals surface area contributed by atoms with E-state index in [1.807, 2.05) is 23.7 Å². The van der Waals surface area contributed by atoms with Crippen LogP contribution in [0.2, 0.25) is 0 Å². The van der Waals surface area contributed by atoms with Crippen molar-refractivity contribution in [1.29, 1.82) is 0 Å². The number of rotatable bonds is 10. The van der Waals surface area contributed by atoms with Crippen LogP contribution < -0.4 is 0 Å². The fraction of sp³-hybridized carbons (Fsp3) is 0.562. The molecular weight excluding hydrogens is 298 g/mol. The lowest BCUT2D eigenvalue weighted by atomic mass is 10.2. The highest BCUT2D eigenvalue weighted by atomic mass is 32.1. The number of imidazole rings is 1. The Balaban J connectivity index is 2.03. The van der Waals surface area contributed by atoms with Gasteiger partial charge in [0.1, 0.15) is 5.82 Å². The van der Waals surface area contributed by atoms with Crippen LogP contribution in [-0.2, 0) is 29.1 Å². The van der Waals surface area contributed by atoms with Crippen LogP contribution in [-0.4, -0.2) is 48.4 Å². The molecule has 2 aromatic heterocycles. The third-order valence-corrected chi connectivity index (χ3v) is 4.66. The highest BCUT2D eigenvalue weighted by Gasteiger charge is 2.13. The maximum Gasteiger partial charge on any atom is 0.122 e. The van der Waals surface area contributed by atoms with Gasteiger partial charge in [0.15, 0.2) is 0 Å². The van der Waals surface area contributed by atoms with Crippen LogP contribution in [0.5, 0.6) is 0 Å². The molecule has 0 saturated heterocycles. The van der Waals surface area contributed by atoms with Crippen LogP contribution in [0.15, 0.2) is 23.8 Å². The number of thiophene rings is 1. The molecule has 0 amide bonds. The minimum Gasteiger partial charge on any atom is -0.383 e. The first-order chi connectivity index (χ1) is 10.7. The van der Waals surface area contributed by atoms with E-state index in [1.54, 1.807) is 14.2 Å². The van der Waals surface area contributed by atoms with E-state index in [0.29, 0.717) is 6.61 Å². The Morgan fingerprint density at radius 3 is 2.73 bits per heavy atom. The molecule has 0 unspecified atom stereocenters. The Labute approximate surface area is 136 Å². The standard InChI is InChI=1S/C16H25N3O2S/c1-14-4-11-22-15(14)12-18(7-9-20-2)13-16-17-5-6-19(16)8-10-21-3/h4-6,11H,7-10,12-13H2,1-3H3. The van der Waals surface area contributed by atoms with E-state index < -0.39 is 0 Å². The van der Waals surface area contributed by atoms with Crippen molar-refractivity contribution in [2.45, 2.75) is 26.6 Å². The maximum atomic E-state index is 5.25. The molecular formula is C16H25N3O2S. The summed E-state index contributed by atoms with van der Waals surface area (Å²) in [6.07, 6.45) is 3.87. The molecule has 2 rings (SSSR count). The normalized spacial score (nSPS) is 11.5. The zero-order valence-corrected chi connectivity index (χ0v) is 14.4. The summed E-state index contributed by atoms with van der Waals surface area (Å²) in [4.78, 5) is 8.29. The topological polar surface area (TPSA) is 39.5 Å². The SMILES string of the molecule is COCCN(Cc1sccc1C)Cc1nccn1CCOC.